The number of carbonyl (C=O) groups is 3. The molecule has 0 saturated carbocycles. The predicted octanol–water partition coefficient (Wildman–Crippen LogP) is 0.817. The molecular weight excluding hydrogens is 282 g/mol. The first-order chi connectivity index (χ1) is 9.32. The Hall–Kier alpha value is -2.02. The number of benzene rings is 1. The van der Waals surface area contributed by atoms with E-state index in [0.717, 1.165) is 4.90 Å². The molecule has 0 bridgehead atoms. The highest BCUT2D eigenvalue weighted by atomic mass is 32.2. The van der Waals surface area contributed by atoms with Crippen molar-refractivity contribution in [3.05, 3.63) is 23.8 Å². The van der Waals surface area contributed by atoms with Gasteiger partial charge in [-0.25, -0.2) is 0 Å². The van der Waals surface area contributed by atoms with Crippen LogP contribution in [0.5, 0.6) is 0 Å². The zero-order valence-electron chi connectivity index (χ0n) is 11.0. The first-order valence-electron chi connectivity index (χ1n) is 5.91. The molecule has 2 rings (SSSR count). The summed E-state index contributed by atoms with van der Waals surface area (Å²) in [6.07, 6.45) is 0. The Bertz CT molecular complexity index is 640. The van der Waals surface area contributed by atoms with Crippen LogP contribution < -0.4 is 4.90 Å². The van der Waals surface area contributed by atoms with Gasteiger partial charge in [-0.2, -0.15) is 0 Å². The Labute approximate surface area is 117 Å². The average Bonchev–Trinajstić information content (AvgIpc) is 2.40. The van der Waals surface area contributed by atoms with Gasteiger partial charge >= 0.3 is 5.97 Å². The molecule has 1 aliphatic rings. The van der Waals surface area contributed by atoms with Crippen molar-refractivity contribution in [2.45, 2.75) is 24.0 Å². The number of aliphatic carboxylic acids is 1. The van der Waals surface area contributed by atoms with Crippen LogP contribution in [0.15, 0.2) is 23.1 Å². The SMILES string of the molecule is CC(=O)c1ccc2c(c1)N(CC(=O)O)C(=O)C(C)S2=O. The number of nitrogens with zero attached hydrogens (tertiary/aromatic N) is 1. The highest BCUT2D eigenvalue weighted by Crippen LogP contribution is 2.32. The lowest BCUT2D eigenvalue weighted by atomic mass is 10.1. The molecule has 1 aromatic rings. The van der Waals surface area contributed by atoms with E-state index in [0.29, 0.717) is 10.5 Å². The van der Waals surface area contributed by atoms with Crippen LogP contribution in [0.25, 0.3) is 0 Å². The fraction of sp³-hybridized carbons (Fsp3) is 0.308. The van der Waals surface area contributed by atoms with Crippen molar-refractivity contribution in [2.75, 3.05) is 11.4 Å². The van der Waals surface area contributed by atoms with Gasteiger partial charge in [0.15, 0.2) is 5.78 Å². The van der Waals surface area contributed by atoms with Crippen LogP contribution >= 0.6 is 0 Å². The van der Waals surface area contributed by atoms with Crippen LogP contribution in [0.3, 0.4) is 0 Å². The van der Waals surface area contributed by atoms with Gasteiger partial charge < -0.3 is 5.11 Å². The van der Waals surface area contributed by atoms with Crippen molar-refractivity contribution in [3.63, 3.8) is 0 Å². The van der Waals surface area contributed by atoms with Crippen molar-refractivity contribution < 1.29 is 23.7 Å². The minimum Gasteiger partial charge on any atom is -0.480 e. The van der Waals surface area contributed by atoms with Gasteiger partial charge in [0.05, 0.1) is 21.4 Å². The number of Topliss-reactive ketones (excluding diaryl/α,β-unsaturated/α-hetero) is 1. The van der Waals surface area contributed by atoms with Crippen molar-refractivity contribution in [1.82, 2.24) is 0 Å². The molecule has 1 heterocycles. The van der Waals surface area contributed by atoms with E-state index >= 15 is 0 Å². The van der Waals surface area contributed by atoms with Gasteiger partial charge in [-0.1, -0.05) is 6.07 Å². The van der Waals surface area contributed by atoms with E-state index in [4.69, 9.17) is 5.11 Å². The lowest BCUT2D eigenvalue weighted by Gasteiger charge is -2.31. The van der Waals surface area contributed by atoms with Gasteiger partial charge in [0.2, 0.25) is 5.91 Å². The standard InChI is InChI=1S/C13H13NO5S/c1-7(15)9-3-4-11-10(5-9)14(6-12(16)17)13(18)8(2)20(11)19/h3-5,8H,6H2,1-2H3,(H,16,17). The van der Waals surface area contributed by atoms with E-state index in [1.54, 1.807) is 0 Å². The summed E-state index contributed by atoms with van der Waals surface area (Å²) >= 11 is 0. The fourth-order valence-electron chi connectivity index (χ4n) is 2.04. The summed E-state index contributed by atoms with van der Waals surface area (Å²) in [6.45, 7) is 2.34. The lowest BCUT2D eigenvalue weighted by molar-refractivity contribution is -0.136. The number of amides is 1. The van der Waals surface area contributed by atoms with Crippen molar-refractivity contribution >= 4 is 34.1 Å². The maximum atomic E-state index is 12.2. The van der Waals surface area contributed by atoms with E-state index in [1.165, 1.54) is 32.0 Å². The number of ketones is 1. The Morgan fingerprint density at radius 2 is 2.05 bits per heavy atom. The van der Waals surface area contributed by atoms with Crippen molar-refractivity contribution in [1.29, 1.82) is 0 Å². The molecule has 0 spiro atoms. The van der Waals surface area contributed by atoms with E-state index in [2.05, 4.69) is 0 Å². The number of carboxylic acids is 1. The second kappa shape index (κ2) is 5.16. The number of anilines is 1. The molecule has 1 aliphatic heterocycles. The largest absolute Gasteiger partial charge is 0.480 e. The molecule has 106 valence electrons. The van der Waals surface area contributed by atoms with E-state index < -0.39 is 34.5 Å². The molecule has 20 heavy (non-hydrogen) atoms. The fourth-order valence-corrected chi connectivity index (χ4v) is 3.30. The maximum Gasteiger partial charge on any atom is 0.323 e. The summed E-state index contributed by atoms with van der Waals surface area (Å²) < 4.78 is 12.2. The minimum atomic E-state index is -1.54. The van der Waals surface area contributed by atoms with Gasteiger partial charge in [-0.05, 0) is 26.0 Å². The number of fused-ring (bicyclic) bond motifs is 1. The topological polar surface area (TPSA) is 91.8 Å². The zero-order chi connectivity index (χ0) is 15.0. The number of hydrogen-bond donors (Lipinski definition) is 1. The molecule has 0 aliphatic carbocycles. The van der Waals surface area contributed by atoms with Gasteiger partial charge in [0.25, 0.3) is 0 Å². The van der Waals surface area contributed by atoms with Crippen LogP contribution in [0.2, 0.25) is 0 Å². The summed E-state index contributed by atoms with van der Waals surface area (Å²) in [7, 11) is -1.54. The molecule has 6 nitrogen and oxygen atoms in total. The van der Waals surface area contributed by atoms with Crippen LogP contribution in [-0.4, -0.2) is 38.8 Å². The lowest BCUT2D eigenvalue weighted by Crippen LogP contribution is -2.46. The molecule has 0 fully saturated rings. The summed E-state index contributed by atoms with van der Waals surface area (Å²) in [5.74, 6) is -1.89. The Kier molecular flexibility index (Phi) is 3.71. The number of hydrogen-bond acceptors (Lipinski definition) is 4. The van der Waals surface area contributed by atoms with Crippen molar-refractivity contribution in [3.8, 4) is 0 Å². The zero-order valence-corrected chi connectivity index (χ0v) is 11.8. The molecule has 2 atom stereocenters. The van der Waals surface area contributed by atoms with Gasteiger partial charge in [0.1, 0.15) is 11.8 Å². The predicted molar refractivity (Wildman–Crippen MR) is 72.3 cm³/mol. The van der Waals surface area contributed by atoms with Crippen LogP contribution in [0.4, 0.5) is 5.69 Å². The van der Waals surface area contributed by atoms with E-state index in [-0.39, 0.29) is 11.5 Å². The minimum absolute atomic E-state index is 0.208. The Morgan fingerprint density at radius 3 is 2.60 bits per heavy atom. The van der Waals surface area contributed by atoms with Crippen molar-refractivity contribution in [2.24, 2.45) is 0 Å². The quantitative estimate of drug-likeness (QED) is 0.833. The molecular formula is C13H13NO5S. The van der Waals surface area contributed by atoms with Gasteiger partial charge in [0, 0.05) is 5.56 Å². The van der Waals surface area contributed by atoms with E-state index in [1.807, 2.05) is 0 Å². The summed E-state index contributed by atoms with van der Waals surface area (Å²) in [5, 5.41) is 8.10. The normalized spacial score (nSPS) is 21.5. The number of carbonyl (C=O) groups excluding carboxylic acids is 2. The second-order valence-corrected chi connectivity index (χ2v) is 6.24. The van der Waals surface area contributed by atoms with Crippen LogP contribution in [0, 0.1) is 0 Å². The Morgan fingerprint density at radius 1 is 1.40 bits per heavy atom. The average molecular weight is 295 g/mol. The first kappa shape index (κ1) is 14.4. The number of rotatable bonds is 3. The smallest absolute Gasteiger partial charge is 0.323 e. The van der Waals surface area contributed by atoms with Gasteiger partial charge in [-0.15, -0.1) is 0 Å². The van der Waals surface area contributed by atoms with E-state index in [9.17, 15) is 18.6 Å². The molecule has 1 N–H and O–H groups in total. The number of carboxylic acid groups (broad SMARTS) is 1. The molecule has 2 unspecified atom stereocenters. The molecule has 7 heteroatoms. The molecule has 1 aromatic carbocycles. The molecule has 1 amide bonds. The highest BCUT2D eigenvalue weighted by Gasteiger charge is 2.36. The second-order valence-electron chi connectivity index (χ2n) is 4.50. The maximum absolute atomic E-state index is 12.2. The van der Waals surface area contributed by atoms with Crippen LogP contribution in [-0.2, 0) is 20.4 Å². The summed E-state index contributed by atoms with van der Waals surface area (Å²) in [4.78, 5) is 35.8. The monoisotopic (exact) mass is 295 g/mol. The molecule has 0 saturated heterocycles. The highest BCUT2D eigenvalue weighted by molar-refractivity contribution is 7.86. The Balaban J connectivity index is 2.61. The summed E-state index contributed by atoms with van der Waals surface area (Å²) in [6, 6.07) is 4.46. The third kappa shape index (κ3) is 2.36. The van der Waals surface area contributed by atoms with Gasteiger partial charge in [-0.3, -0.25) is 23.5 Å². The third-order valence-electron chi connectivity index (χ3n) is 3.10. The summed E-state index contributed by atoms with van der Waals surface area (Å²) in [5.41, 5.74) is 0.583. The first-order valence-corrected chi connectivity index (χ1v) is 7.13. The molecule has 0 aromatic heterocycles. The third-order valence-corrected chi connectivity index (χ3v) is 4.72. The molecule has 0 radical (unpaired) electrons. The van der Waals surface area contributed by atoms with Crippen LogP contribution in [0.1, 0.15) is 24.2 Å².